The largest absolute Gasteiger partial charge is 0.481 e. The van der Waals surface area contributed by atoms with Gasteiger partial charge in [-0.15, -0.1) is 0 Å². The molecule has 2 nitrogen and oxygen atoms in total. The molecule has 0 radical (unpaired) electrons. The van der Waals surface area contributed by atoms with Gasteiger partial charge in [-0.2, -0.15) is 0 Å². The monoisotopic (exact) mass is 342 g/mol. The second-order valence-electron chi connectivity index (χ2n) is 5.77. The Bertz CT molecular complexity index is 479. The van der Waals surface area contributed by atoms with Crippen molar-refractivity contribution in [1.29, 1.82) is 0 Å². The number of hydrogen-bond acceptors (Lipinski definition) is 1. The Hall–Kier alpha value is -0.900. The first kappa shape index (κ1) is 15.5. The summed E-state index contributed by atoms with van der Waals surface area (Å²) in [7, 11) is 0. The average molecular weight is 343 g/mol. The average Bonchev–Trinajstić information content (AvgIpc) is 2.35. The standard InChI is InChI=1S/C16H20BrFO2/c17-13-7-6-12(14(18)10-13)11-16(15(19)20)8-4-2-1-3-5-9-16/h6-7,10H,1-5,8-9,11H2,(H,19,20). The van der Waals surface area contributed by atoms with E-state index in [0.717, 1.165) is 25.7 Å². The molecular formula is C16H20BrFO2. The lowest BCUT2D eigenvalue weighted by Gasteiger charge is -2.31. The van der Waals surface area contributed by atoms with Gasteiger partial charge in [0.05, 0.1) is 5.41 Å². The smallest absolute Gasteiger partial charge is 0.309 e. The van der Waals surface area contributed by atoms with Gasteiger partial charge in [0.25, 0.3) is 0 Å². The van der Waals surface area contributed by atoms with E-state index in [0.29, 0.717) is 29.3 Å². The molecule has 1 aliphatic rings. The second kappa shape index (κ2) is 6.70. The number of carboxylic acids is 1. The van der Waals surface area contributed by atoms with Gasteiger partial charge in [0.2, 0.25) is 0 Å². The third-order valence-electron chi connectivity index (χ3n) is 4.31. The fourth-order valence-corrected chi connectivity index (χ4v) is 3.41. The van der Waals surface area contributed by atoms with Crippen LogP contribution in [-0.2, 0) is 11.2 Å². The summed E-state index contributed by atoms with van der Waals surface area (Å²) < 4.78 is 14.7. The molecule has 0 amide bonds. The fraction of sp³-hybridized carbons (Fsp3) is 0.562. The van der Waals surface area contributed by atoms with Gasteiger partial charge in [0, 0.05) is 4.47 Å². The van der Waals surface area contributed by atoms with Crippen LogP contribution in [0.5, 0.6) is 0 Å². The minimum absolute atomic E-state index is 0.293. The summed E-state index contributed by atoms with van der Waals surface area (Å²) in [5.74, 6) is -1.09. The zero-order valence-electron chi connectivity index (χ0n) is 11.5. The molecule has 0 unspecified atom stereocenters. The van der Waals surface area contributed by atoms with Gasteiger partial charge < -0.3 is 5.11 Å². The third-order valence-corrected chi connectivity index (χ3v) is 4.80. The first-order chi connectivity index (χ1) is 9.53. The predicted octanol–water partition coefficient (Wildman–Crippen LogP) is 4.95. The van der Waals surface area contributed by atoms with Gasteiger partial charge in [0.15, 0.2) is 0 Å². The Morgan fingerprint density at radius 3 is 2.35 bits per heavy atom. The lowest BCUT2D eigenvalue weighted by Crippen LogP contribution is -2.34. The molecular weight excluding hydrogens is 323 g/mol. The maximum absolute atomic E-state index is 14.0. The number of rotatable bonds is 3. The molecule has 1 fully saturated rings. The van der Waals surface area contributed by atoms with Crippen LogP contribution in [-0.4, -0.2) is 11.1 Å². The Balaban J connectivity index is 2.25. The van der Waals surface area contributed by atoms with E-state index in [1.165, 1.54) is 12.5 Å². The summed E-state index contributed by atoms with van der Waals surface area (Å²) in [5, 5.41) is 9.68. The van der Waals surface area contributed by atoms with Crippen molar-refractivity contribution in [3.8, 4) is 0 Å². The van der Waals surface area contributed by atoms with Crippen LogP contribution in [0.4, 0.5) is 4.39 Å². The maximum Gasteiger partial charge on any atom is 0.309 e. The molecule has 0 aliphatic heterocycles. The molecule has 1 aromatic rings. The Labute approximate surface area is 127 Å². The second-order valence-corrected chi connectivity index (χ2v) is 6.68. The van der Waals surface area contributed by atoms with E-state index >= 15 is 0 Å². The predicted molar refractivity (Wildman–Crippen MR) is 80.2 cm³/mol. The van der Waals surface area contributed by atoms with Crippen molar-refractivity contribution in [3.05, 3.63) is 34.1 Å². The van der Waals surface area contributed by atoms with E-state index in [1.54, 1.807) is 12.1 Å². The lowest BCUT2D eigenvalue weighted by molar-refractivity contribution is -0.150. The van der Waals surface area contributed by atoms with Crippen LogP contribution in [0.3, 0.4) is 0 Å². The molecule has 2 rings (SSSR count). The van der Waals surface area contributed by atoms with Crippen molar-refractivity contribution in [2.75, 3.05) is 0 Å². The van der Waals surface area contributed by atoms with Gasteiger partial charge in [-0.25, -0.2) is 4.39 Å². The molecule has 0 heterocycles. The van der Waals surface area contributed by atoms with Gasteiger partial charge in [-0.3, -0.25) is 4.79 Å². The van der Waals surface area contributed by atoms with Gasteiger partial charge in [-0.05, 0) is 37.0 Å². The molecule has 4 heteroatoms. The summed E-state index contributed by atoms with van der Waals surface area (Å²) in [5.41, 5.74) is -0.286. The number of halogens is 2. The van der Waals surface area contributed by atoms with Crippen LogP contribution < -0.4 is 0 Å². The van der Waals surface area contributed by atoms with E-state index in [9.17, 15) is 14.3 Å². The number of carboxylic acid groups (broad SMARTS) is 1. The first-order valence-corrected chi connectivity index (χ1v) is 8.00. The molecule has 110 valence electrons. The summed E-state index contributed by atoms with van der Waals surface area (Å²) in [6.07, 6.45) is 6.78. The Morgan fingerprint density at radius 2 is 1.80 bits per heavy atom. The number of aliphatic carboxylic acids is 1. The SMILES string of the molecule is O=C(O)C1(Cc2ccc(Br)cc2F)CCCCCCC1. The number of benzene rings is 1. The van der Waals surface area contributed by atoms with Crippen molar-refractivity contribution in [3.63, 3.8) is 0 Å². The highest BCUT2D eigenvalue weighted by atomic mass is 79.9. The molecule has 20 heavy (non-hydrogen) atoms. The topological polar surface area (TPSA) is 37.3 Å². The van der Waals surface area contributed by atoms with Crippen molar-refractivity contribution < 1.29 is 14.3 Å². The van der Waals surface area contributed by atoms with Crippen molar-refractivity contribution in [2.24, 2.45) is 5.41 Å². The minimum Gasteiger partial charge on any atom is -0.481 e. The molecule has 1 saturated carbocycles. The minimum atomic E-state index is -0.797. The normalized spacial score (nSPS) is 19.1. The highest BCUT2D eigenvalue weighted by Gasteiger charge is 2.38. The highest BCUT2D eigenvalue weighted by molar-refractivity contribution is 9.10. The summed E-state index contributed by atoms with van der Waals surface area (Å²) in [6.45, 7) is 0. The van der Waals surface area contributed by atoms with Gasteiger partial charge in [0.1, 0.15) is 5.82 Å². The lowest BCUT2D eigenvalue weighted by atomic mass is 9.72. The highest BCUT2D eigenvalue weighted by Crippen LogP contribution is 2.38. The van der Waals surface area contributed by atoms with E-state index < -0.39 is 11.4 Å². The third kappa shape index (κ3) is 3.60. The summed E-state index contributed by atoms with van der Waals surface area (Å²) in [4.78, 5) is 11.8. The van der Waals surface area contributed by atoms with E-state index in [1.807, 2.05) is 0 Å². The zero-order valence-corrected chi connectivity index (χ0v) is 13.1. The molecule has 1 N–H and O–H groups in total. The molecule has 0 atom stereocenters. The number of carbonyl (C=O) groups is 1. The van der Waals surface area contributed by atoms with Crippen LogP contribution in [0.25, 0.3) is 0 Å². The zero-order chi connectivity index (χ0) is 14.6. The van der Waals surface area contributed by atoms with E-state index in [4.69, 9.17) is 0 Å². The van der Waals surface area contributed by atoms with E-state index in [2.05, 4.69) is 15.9 Å². The quantitative estimate of drug-likeness (QED) is 0.843. The summed E-state index contributed by atoms with van der Waals surface area (Å²) >= 11 is 3.23. The molecule has 0 saturated heterocycles. The molecule has 1 aromatic carbocycles. The molecule has 0 bridgehead atoms. The summed E-state index contributed by atoms with van der Waals surface area (Å²) in [6, 6.07) is 4.88. The maximum atomic E-state index is 14.0. The molecule has 0 aromatic heterocycles. The van der Waals surface area contributed by atoms with Crippen molar-refractivity contribution >= 4 is 21.9 Å². The van der Waals surface area contributed by atoms with Crippen molar-refractivity contribution in [2.45, 2.75) is 51.4 Å². The van der Waals surface area contributed by atoms with E-state index in [-0.39, 0.29) is 5.82 Å². The van der Waals surface area contributed by atoms with Crippen LogP contribution in [0.15, 0.2) is 22.7 Å². The first-order valence-electron chi connectivity index (χ1n) is 7.21. The van der Waals surface area contributed by atoms with Gasteiger partial charge >= 0.3 is 5.97 Å². The van der Waals surface area contributed by atoms with Crippen molar-refractivity contribution in [1.82, 2.24) is 0 Å². The van der Waals surface area contributed by atoms with Crippen LogP contribution in [0, 0.1) is 11.2 Å². The van der Waals surface area contributed by atoms with Crippen LogP contribution in [0.2, 0.25) is 0 Å². The Kier molecular flexibility index (Phi) is 5.19. The molecule has 0 spiro atoms. The molecule has 1 aliphatic carbocycles. The number of hydrogen-bond donors (Lipinski definition) is 1. The van der Waals surface area contributed by atoms with Crippen LogP contribution in [0.1, 0.15) is 50.5 Å². The van der Waals surface area contributed by atoms with Crippen LogP contribution >= 0.6 is 15.9 Å². The fourth-order valence-electron chi connectivity index (χ4n) is 3.08. The van der Waals surface area contributed by atoms with Gasteiger partial charge in [-0.1, -0.05) is 54.1 Å². The Morgan fingerprint density at radius 1 is 1.20 bits per heavy atom.